The summed E-state index contributed by atoms with van der Waals surface area (Å²) in [5.41, 5.74) is 2.95. The fraction of sp³-hybridized carbons (Fsp3) is 0. The molecule has 5 aromatic rings. The van der Waals surface area contributed by atoms with E-state index in [0.29, 0.717) is 5.89 Å². The van der Waals surface area contributed by atoms with Crippen molar-refractivity contribution in [1.82, 2.24) is 4.98 Å². The Morgan fingerprint density at radius 1 is 0.708 bits per heavy atom. The van der Waals surface area contributed by atoms with Crippen LogP contribution in [-0.2, 0) is 0 Å². The van der Waals surface area contributed by atoms with Crippen molar-refractivity contribution in [2.75, 3.05) is 0 Å². The van der Waals surface area contributed by atoms with Gasteiger partial charge in [0, 0.05) is 4.88 Å². The van der Waals surface area contributed by atoms with E-state index < -0.39 is 0 Å². The summed E-state index contributed by atoms with van der Waals surface area (Å²) in [6.45, 7) is 0. The van der Waals surface area contributed by atoms with Crippen LogP contribution in [0.2, 0.25) is 0 Å². The van der Waals surface area contributed by atoms with Crippen molar-refractivity contribution in [3.05, 3.63) is 78.9 Å². The van der Waals surface area contributed by atoms with Gasteiger partial charge in [-0.1, -0.05) is 48.5 Å². The first-order valence-electron chi connectivity index (χ1n) is 7.82. The Morgan fingerprint density at radius 3 is 2.42 bits per heavy atom. The van der Waals surface area contributed by atoms with Gasteiger partial charge in [-0.05, 0) is 46.7 Å². The number of nitrogens with zero attached hydrogens (tertiary/aromatic N) is 1. The first kappa shape index (κ1) is 13.5. The monoisotopic (exact) mass is 327 g/mol. The molecule has 0 amide bonds. The molecule has 0 aliphatic rings. The second-order valence-electron chi connectivity index (χ2n) is 5.71. The van der Waals surface area contributed by atoms with E-state index in [1.807, 2.05) is 24.3 Å². The normalized spacial score (nSPS) is 11.3. The molecule has 5 rings (SSSR count). The number of hydrogen-bond acceptors (Lipinski definition) is 3. The average Bonchev–Trinajstić information content (AvgIpc) is 3.28. The Hall–Kier alpha value is -2.91. The van der Waals surface area contributed by atoms with E-state index >= 15 is 0 Å². The highest BCUT2D eigenvalue weighted by Gasteiger charge is 2.11. The van der Waals surface area contributed by atoms with E-state index in [4.69, 9.17) is 4.42 Å². The van der Waals surface area contributed by atoms with E-state index in [0.717, 1.165) is 16.0 Å². The number of benzene rings is 3. The molecule has 0 bridgehead atoms. The first-order chi connectivity index (χ1) is 11.9. The minimum absolute atomic E-state index is 0.688. The number of para-hydroxylation sites is 2. The highest BCUT2D eigenvalue weighted by atomic mass is 32.1. The molecule has 2 nitrogen and oxygen atoms in total. The molecule has 0 radical (unpaired) electrons. The van der Waals surface area contributed by atoms with Crippen LogP contribution < -0.4 is 0 Å². The van der Waals surface area contributed by atoms with E-state index in [1.165, 1.54) is 21.2 Å². The molecule has 0 aliphatic heterocycles. The molecule has 0 N–H and O–H groups in total. The van der Waals surface area contributed by atoms with Crippen molar-refractivity contribution in [3.8, 4) is 21.2 Å². The number of fused-ring (bicyclic) bond motifs is 2. The third-order valence-electron chi connectivity index (χ3n) is 4.14. The highest BCUT2D eigenvalue weighted by Crippen LogP contribution is 2.36. The summed E-state index contributed by atoms with van der Waals surface area (Å²) in [5, 5.41) is 2.52. The lowest BCUT2D eigenvalue weighted by Crippen LogP contribution is -1.74. The summed E-state index contributed by atoms with van der Waals surface area (Å²) in [6, 6.07) is 27.1. The minimum Gasteiger partial charge on any atom is -0.435 e. The van der Waals surface area contributed by atoms with Gasteiger partial charge in [-0.2, -0.15) is 0 Å². The molecular weight excluding hydrogens is 314 g/mol. The number of thiophene rings is 1. The number of aromatic nitrogens is 1. The van der Waals surface area contributed by atoms with Gasteiger partial charge in [0.1, 0.15) is 5.52 Å². The summed E-state index contributed by atoms with van der Waals surface area (Å²) in [7, 11) is 0. The molecule has 0 saturated carbocycles. The molecule has 2 aromatic heterocycles. The van der Waals surface area contributed by atoms with Gasteiger partial charge in [0.05, 0.1) is 4.88 Å². The van der Waals surface area contributed by atoms with E-state index in [2.05, 4.69) is 59.6 Å². The molecule has 114 valence electrons. The van der Waals surface area contributed by atoms with Gasteiger partial charge >= 0.3 is 0 Å². The van der Waals surface area contributed by atoms with Crippen molar-refractivity contribution < 1.29 is 4.42 Å². The molecule has 0 unspecified atom stereocenters. The summed E-state index contributed by atoms with van der Waals surface area (Å²) >= 11 is 1.71. The largest absolute Gasteiger partial charge is 0.435 e. The zero-order valence-corrected chi connectivity index (χ0v) is 13.6. The minimum atomic E-state index is 0.688. The van der Waals surface area contributed by atoms with Crippen LogP contribution in [0.3, 0.4) is 0 Å². The van der Waals surface area contributed by atoms with Crippen LogP contribution in [0.1, 0.15) is 0 Å². The summed E-state index contributed by atoms with van der Waals surface area (Å²) in [5.74, 6) is 0.688. The Morgan fingerprint density at radius 2 is 1.50 bits per heavy atom. The van der Waals surface area contributed by atoms with Gasteiger partial charge in [0.25, 0.3) is 0 Å². The maximum Gasteiger partial charge on any atom is 0.237 e. The van der Waals surface area contributed by atoms with Gasteiger partial charge in [0.2, 0.25) is 5.89 Å². The van der Waals surface area contributed by atoms with Crippen LogP contribution in [0.15, 0.2) is 83.3 Å². The predicted molar refractivity (Wildman–Crippen MR) is 100 cm³/mol. The molecule has 0 aliphatic carbocycles. The predicted octanol–water partition coefficient (Wildman–Crippen LogP) is 6.38. The molecule has 0 spiro atoms. The zero-order valence-electron chi connectivity index (χ0n) is 12.8. The van der Waals surface area contributed by atoms with Crippen LogP contribution >= 0.6 is 11.3 Å². The fourth-order valence-corrected chi connectivity index (χ4v) is 3.86. The molecule has 0 atom stereocenters. The van der Waals surface area contributed by atoms with Crippen molar-refractivity contribution in [3.63, 3.8) is 0 Å². The summed E-state index contributed by atoms with van der Waals surface area (Å²) < 4.78 is 5.87. The fourth-order valence-electron chi connectivity index (χ4n) is 2.93. The topological polar surface area (TPSA) is 26.0 Å². The quantitative estimate of drug-likeness (QED) is 0.376. The van der Waals surface area contributed by atoms with E-state index in [1.54, 1.807) is 11.3 Å². The number of oxazole rings is 1. The van der Waals surface area contributed by atoms with Crippen LogP contribution in [-0.4, -0.2) is 4.98 Å². The van der Waals surface area contributed by atoms with Crippen molar-refractivity contribution in [2.24, 2.45) is 0 Å². The maximum absolute atomic E-state index is 5.87. The Kier molecular flexibility index (Phi) is 3.00. The lowest BCUT2D eigenvalue weighted by Gasteiger charge is -2.01. The molecule has 0 saturated heterocycles. The summed E-state index contributed by atoms with van der Waals surface area (Å²) in [6.07, 6.45) is 0. The smallest absolute Gasteiger partial charge is 0.237 e. The molecule has 24 heavy (non-hydrogen) atoms. The van der Waals surface area contributed by atoms with Crippen molar-refractivity contribution in [2.45, 2.75) is 0 Å². The molecule has 2 heterocycles. The zero-order chi connectivity index (χ0) is 15.9. The number of hydrogen-bond donors (Lipinski definition) is 0. The van der Waals surface area contributed by atoms with Gasteiger partial charge in [-0.3, -0.25) is 0 Å². The van der Waals surface area contributed by atoms with Gasteiger partial charge in [-0.25, -0.2) is 4.98 Å². The maximum atomic E-state index is 5.87. The molecule has 0 fully saturated rings. The van der Waals surface area contributed by atoms with Crippen molar-refractivity contribution >= 4 is 33.2 Å². The van der Waals surface area contributed by atoms with Gasteiger partial charge in [-0.15, -0.1) is 11.3 Å². The Balaban J connectivity index is 1.58. The van der Waals surface area contributed by atoms with E-state index in [9.17, 15) is 0 Å². The SMILES string of the molecule is c1ccc2cc(-c3ccc(-c4nc5ccccc5o4)s3)ccc2c1. The number of rotatable bonds is 2. The Labute approximate surface area is 143 Å². The second kappa shape index (κ2) is 5.32. The van der Waals surface area contributed by atoms with Gasteiger partial charge < -0.3 is 4.42 Å². The van der Waals surface area contributed by atoms with E-state index in [-0.39, 0.29) is 0 Å². The van der Waals surface area contributed by atoms with Crippen LogP contribution in [0, 0.1) is 0 Å². The third kappa shape index (κ3) is 2.22. The molecule has 3 aromatic carbocycles. The van der Waals surface area contributed by atoms with Crippen LogP contribution in [0.5, 0.6) is 0 Å². The standard InChI is InChI=1S/C21H13NOS/c1-2-6-15-13-16(10-9-14(15)5-1)19-11-12-20(24-19)21-22-17-7-3-4-8-18(17)23-21/h1-13H. The van der Waals surface area contributed by atoms with Gasteiger partial charge in [0.15, 0.2) is 5.58 Å². The first-order valence-corrected chi connectivity index (χ1v) is 8.63. The van der Waals surface area contributed by atoms with Crippen molar-refractivity contribution in [1.29, 1.82) is 0 Å². The van der Waals surface area contributed by atoms with Crippen LogP contribution in [0.4, 0.5) is 0 Å². The van der Waals surface area contributed by atoms with Crippen LogP contribution in [0.25, 0.3) is 43.1 Å². The third-order valence-corrected chi connectivity index (χ3v) is 5.27. The lowest BCUT2D eigenvalue weighted by molar-refractivity contribution is 0.621. The molecule has 3 heteroatoms. The lowest BCUT2D eigenvalue weighted by atomic mass is 10.1. The summed E-state index contributed by atoms with van der Waals surface area (Å²) in [4.78, 5) is 6.85. The highest BCUT2D eigenvalue weighted by molar-refractivity contribution is 7.18. The average molecular weight is 327 g/mol. The Bertz CT molecular complexity index is 1140. The second-order valence-corrected chi connectivity index (χ2v) is 6.80. The molecular formula is C21H13NOS.